The van der Waals surface area contributed by atoms with Gasteiger partial charge in [0.05, 0.1) is 81.0 Å². The van der Waals surface area contributed by atoms with Crippen molar-refractivity contribution in [2.45, 2.75) is 131 Å². The van der Waals surface area contributed by atoms with Crippen LogP contribution in [-0.4, -0.2) is 97.6 Å². The fraction of sp³-hybridized carbons (Fsp3) is 0.438. The van der Waals surface area contributed by atoms with Crippen molar-refractivity contribution in [3.05, 3.63) is 152 Å². The lowest BCUT2D eigenvalue weighted by molar-refractivity contribution is -0.194. The van der Waals surface area contributed by atoms with Gasteiger partial charge in [0.15, 0.2) is 0 Å². The lowest BCUT2D eigenvalue weighted by Crippen LogP contribution is -2.48. The third-order valence-corrected chi connectivity index (χ3v) is 17.0. The van der Waals surface area contributed by atoms with Crippen molar-refractivity contribution < 1.29 is 56.6 Å². The third kappa shape index (κ3) is 13.3. The Hall–Kier alpha value is -7.23. The molecule has 2 unspecified atom stereocenters. The highest BCUT2D eigenvalue weighted by Crippen LogP contribution is 2.49. The zero-order valence-corrected chi connectivity index (χ0v) is 50.3. The molecule has 83 heavy (non-hydrogen) atoms. The first-order chi connectivity index (χ1) is 39.8. The van der Waals surface area contributed by atoms with E-state index in [1.54, 1.807) is 70.7 Å². The molecule has 0 radical (unpaired) electrons. The molecule has 2 aliphatic rings. The average Bonchev–Trinajstić information content (AvgIpc) is 2.04. The number of esters is 2. The van der Waals surface area contributed by atoms with Gasteiger partial charge in [-0.15, -0.1) is 0 Å². The number of cyclic esters (lactones) is 1. The van der Waals surface area contributed by atoms with Crippen LogP contribution in [0, 0.1) is 16.7 Å². The molecule has 1 amide bonds. The average molecular weight is 1150 g/mol. The summed E-state index contributed by atoms with van der Waals surface area (Å²) in [6.45, 7) is 17.9. The van der Waals surface area contributed by atoms with Crippen LogP contribution in [0.2, 0.25) is 0 Å². The predicted octanol–water partition coefficient (Wildman–Crippen LogP) is 11.4. The minimum Gasteiger partial charge on any atom is -0.497 e. The summed E-state index contributed by atoms with van der Waals surface area (Å²) in [7, 11) is 1.55. The summed E-state index contributed by atoms with van der Waals surface area (Å²) in [6, 6.07) is 34.8. The van der Waals surface area contributed by atoms with Crippen LogP contribution in [0.5, 0.6) is 17.2 Å². The maximum atomic E-state index is 14.3. The van der Waals surface area contributed by atoms with Crippen LogP contribution < -0.4 is 25.1 Å². The highest BCUT2D eigenvalue weighted by atomic mass is 31.2. The van der Waals surface area contributed by atoms with Crippen molar-refractivity contribution in [3.8, 4) is 34.7 Å². The lowest BCUT2D eigenvalue weighted by atomic mass is 9.80. The number of aryl methyl sites for hydroxylation is 1. The number of nitrogens with zero attached hydrogens (tertiary/aromatic N) is 4. The number of aromatic nitrogens is 2. The smallest absolute Gasteiger partial charge is 0.412 e. The van der Waals surface area contributed by atoms with Crippen molar-refractivity contribution >= 4 is 37.5 Å². The molecule has 2 aromatic heterocycles. The molecule has 3 atom stereocenters. The van der Waals surface area contributed by atoms with Crippen LogP contribution in [0.15, 0.2) is 108 Å². The minimum absolute atomic E-state index is 0.0400. The number of ether oxygens (including phenoxy) is 7. The second-order valence-electron chi connectivity index (χ2n) is 22.0. The van der Waals surface area contributed by atoms with Gasteiger partial charge >= 0.3 is 18.0 Å². The van der Waals surface area contributed by atoms with E-state index in [4.69, 9.17) is 47.2 Å². The summed E-state index contributed by atoms with van der Waals surface area (Å²) in [5.41, 5.74) is 2.38. The number of pyridine rings is 2. The van der Waals surface area contributed by atoms with Crippen LogP contribution >= 0.6 is 8.53 Å². The Morgan fingerprint density at radius 3 is 2.07 bits per heavy atom. The van der Waals surface area contributed by atoms with Crippen LogP contribution in [-0.2, 0) is 68.4 Å². The van der Waals surface area contributed by atoms with Gasteiger partial charge < -0.3 is 52.1 Å². The summed E-state index contributed by atoms with van der Waals surface area (Å²) in [6.07, 6.45) is -0.0758. The molecule has 19 heteroatoms. The molecule has 0 spiro atoms. The summed E-state index contributed by atoms with van der Waals surface area (Å²) < 4.78 is 59.3. The zero-order chi connectivity index (χ0) is 59.6. The number of hydrogen-bond acceptors (Lipinski definition) is 16. The molecule has 0 bridgehead atoms. The zero-order valence-electron chi connectivity index (χ0n) is 49.4. The Bertz CT molecular complexity index is 3300. The van der Waals surface area contributed by atoms with Gasteiger partial charge in [-0.25, -0.2) is 19.2 Å². The number of rotatable bonds is 26. The van der Waals surface area contributed by atoms with E-state index in [-0.39, 0.29) is 82.2 Å². The number of fused-ring (bicyclic) bond motifs is 5. The monoisotopic (exact) mass is 1150 g/mol. The van der Waals surface area contributed by atoms with E-state index in [0.717, 1.165) is 33.2 Å². The van der Waals surface area contributed by atoms with Crippen LogP contribution in [0.4, 0.5) is 4.79 Å². The topological polar surface area (TPSA) is 208 Å². The Morgan fingerprint density at radius 2 is 1.48 bits per heavy atom. The van der Waals surface area contributed by atoms with Crippen molar-refractivity contribution in [1.82, 2.24) is 19.5 Å². The number of nitrogens with one attached hydrogen (secondary N) is 1. The summed E-state index contributed by atoms with van der Waals surface area (Å²) >= 11 is 0. The normalized spacial score (nSPS) is 15.5. The van der Waals surface area contributed by atoms with Gasteiger partial charge in [0.25, 0.3) is 14.1 Å². The van der Waals surface area contributed by atoms with Crippen molar-refractivity contribution in [2.24, 2.45) is 5.41 Å². The Balaban J connectivity index is 0.980. The SMILES string of the molecule is CCc1c2c(nc3ccc(OC(=O)NCCCOCC(COC(c4ccccc4)(c4ccc(OC)cc4)c4ccc(OC)cc4)OP(OCCC#N)N(C(C)C)C(C)C)cc13)-c1cc3c(c(=O)n1C2)COC(=O)[C@@]3(CC)OC(=O)C(C)(C)C. The van der Waals surface area contributed by atoms with E-state index in [0.29, 0.717) is 52.6 Å². The highest BCUT2D eigenvalue weighted by Gasteiger charge is 2.52. The molecule has 0 saturated carbocycles. The van der Waals surface area contributed by atoms with Crippen molar-refractivity contribution in [3.63, 3.8) is 0 Å². The molecule has 0 fully saturated rings. The number of nitriles is 1. The predicted molar refractivity (Wildman–Crippen MR) is 315 cm³/mol. The van der Waals surface area contributed by atoms with Gasteiger partial charge in [0.1, 0.15) is 35.6 Å². The van der Waals surface area contributed by atoms with E-state index in [1.807, 2.05) is 85.8 Å². The lowest BCUT2D eigenvalue weighted by Gasteiger charge is -2.39. The first-order valence-electron chi connectivity index (χ1n) is 28.2. The van der Waals surface area contributed by atoms with Crippen molar-refractivity contribution in [2.75, 3.05) is 47.2 Å². The van der Waals surface area contributed by atoms with Crippen LogP contribution in [0.25, 0.3) is 22.3 Å². The largest absolute Gasteiger partial charge is 0.497 e. The van der Waals surface area contributed by atoms with E-state index < -0.39 is 49.3 Å². The van der Waals surface area contributed by atoms with E-state index >= 15 is 0 Å². The quantitative estimate of drug-likeness (QED) is 0.0231. The Kier molecular flexibility index (Phi) is 20.1. The van der Waals surface area contributed by atoms with Gasteiger partial charge in [0.2, 0.25) is 5.60 Å². The van der Waals surface area contributed by atoms with Gasteiger partial charge in [-0.05, 0) is 139 Å². The van der Waals surface area contributed by atoms with E-state index in [1.165, 1.54) is 0 Å². The maximum absolute atomic E-state index is 14.3. The molecular formula is C64H76N5O13P. The number of benzene rings is 4. The first-order valence-corrected chi connectivity index (χ1v) is 29.4. The molecule has 0 aliphatic carbocycles. The number of methoxy groups -OCH3 is 2. The molecule has 440 valence electrons. The second kappa shape index (κ2) is 27.0. The van der Waals surface area contributed by atoms with Crippen LogP contribution in [0.3, 0.4) is 0 Å². The number of carbonyl (C=O) groups excluding carboxylic acids is 3. The molecule has 1 N–H and O–H groups in total. The van der Waals surface area contributed by atoms with Gasteiger partial charge in [-0.2, -0.15) is 5.26 Å². The standard InChI is InChI=1S/C64H76N5O13P/c1-12-50-51-35-48(29-30-55(51)67-57-52(50)37-68-56(57)36-54-53(58(68)70)40-77-60(72)63(54,13-2)81-59(71)62(7,8)9)80-61(73)66-32-18-33-76-38-49(82-83(79-34-17-31-65)69(41(3)4)42(5)6)39-78-64(43-19-15-14-16-20-43,44-21-25-46(74-10)26-22-44)45-23-27-47(75-11)28-24-45/h14-16,19-30,35-36,41-42,49H,12-13,17-18,32-34,37-40H2,1-11H3,(H,66,73)/t49?,63-,83?/m0/s1. The molecular weight excluding hydrogens is 1080 g/mol. The summed E-state index contributed by atoms with van der Waals surface area (Å²) in [5, 5.41) is 13.1. The fourth-order valence-electron chi connectivity index (χ4n) is 10.6. The second-order valence-corrected chi connectivity index (χ2v) is 23.4. The maximum Gasteiger partial charge on any atom is 0.412 e. The Morgan fingerprint density at radius 1 is 0.843 bits per heavy atom. The molecule has 6 aromatic rings. The Labute approximate surface area is 487 Å². The molecule has 4 aromatic carbocycles. The first kappa shape index (κ1) is 61.8. The molecule has 4 heterocycles. The number of carbonyl (C=O) groups is 3. The van der Waals surface area contributed by atoms with E-state index in [9.17, 15) is 24.4 Å². The van der Waals surface area contributed by atoms with Gasteiger partial charge in [-0.1, -0.05) is 68.4 Å². The third-order valence-electron chi connectivity index (χ3n) is 14.8. The molecule has 8 rings (SSSR count). The van der Waals surface area contributed by atoms with Gasteiger partial charge in [-0.3, -0.25) is 9.59 Å². The summed E-state index contributed by atoms with van der Waals surface area (Å²) in [4.78, 5) is 59.5. The fourth-order valence-corrected chi connectivity index (χ4v) is 12.3. The molecule has 18 nitrogen and oxygen atoms in total. The highest BCUT2D eigenvalue weighted by molar-refractivity contribution is 7.44. The number of hydrogen-bond donors (Lipinski definition) is 1. The van der Waals surface area contributed by atoms with Crippen LogP contribution in [0.1, 0.15) is 121 Å². The number of amides is 1. The van der Waals surface area contributed by atoms with Crippen molar-refractivity contribution in [1.29, 1.82) is 5.26 Å². The molecule has 0 saturated heterocycles. The van der Waals surface area contributed by atoms with E-state index in [2.05, 4.69) is 43.8 Å². The minimum atomic E-state index is -1.80. The molecule has 2 aliphatic heterocycles. The van der Waals surface area contributed by atoms with Gasteiger partial charge in [0, 0.05) is 41.7 Å². The summed E-state index contributed by atoms with van der Waals surface area (Å²) in [5.74, 6) is 0.371.